The number of nitrogens with one attached hydrogen (secondary N) is 2. The lowest BCUT2D eigenvalue weighted by molar-refractivity contribution is -0.131. The minimum atomic E-state index is -1.04. The smallest absolute Gasteiger partial charge is 0.240 e. The minimum Gasteiger partial charge on any atom is -0.495 e. The number of benzene rings is 2. The van der Waals surface area contributed by atoms with Crippen molar-refractivity contribution in [2.75, 3.05) is 17.7 Å². The van der Waals surface area contributed by atoms with Crippen LogP contribution >= 0.6 is 11.6 Å². The Labute approximate surface area is 151 Å². The zero-order valence-corrected chi connectivity index (χ0v) is 14.8. The highest BCUT2D eigenvalue weighted by molar-refractivity contribution is 6.31. The minimum absolute atomic E-state index is 0.320. The van der Waals surface area contributed by atoms with Crippen molar-refractivity contribution in [3.8, 4) is 5.75 Å². The van der Waals surface area contributed by atoms with Crippen LogP contribution in [0.3, 0.4) is 0 Å². The molecule has 1 fully saturated rings. The predicted molar refractivity (Wildman–Crippen MR) is 98.1 cm³/mol. The highest BCUT2D eigenvalue weighted by Gasteiger charge is 2.56. The summed E-state index contributed by atoms with van der Waals surface area (Å²) in [5.41, 5.74) is 1.01. The number of ether oxygens (including phenoxy) is 1. The first-order chi connectivity index (χ1) is 12.0. The molecule has 6 heteroatoms. The van der Waals surface area contributed by atoms with Crippen LogP contribution in [0.4, 0.5) is 11.4 Å². The molecule has 0 spiro atoms. The third-order valence-corrected chi connectivity index (χ3v) is 4.81. The number of hydrogen-bond acceptors (Lipinski definition) is 3. The molecule has 1 aliphatic carbocycles. The fourth-order valence-electron chi connectivity index (χ4n) is 2.59. The van der Waals surface area contributed by atoms with Crippen LogP contribution in [0.15, 0.2) is 42.5 Å². The maximum Gasteiger partial charge on any atom is 0.240 e. The average Bonchev–Trinajstić information content (AvgIpc) is 3.40. The number of amides is 2. The number of halogens is 1. The normalized spacial score (nSPS) is 14.5. The van der Waals surface area contributed by atoms with E-state index >= 15 is 0 Å². The molecule has 0 aromatic heterocycles. The highest BCUT2D eigenvalue weighted by atomic mass is 35.5. The predicted octanol–water partition coefficient (Wildman–Crippen LogP) is 4.01. The van der Waals surface area contributed by atoms with Crippen molar-refractivity contribution in [1.29, 1.82) is 0 Å². The number of rotatable bonds is 5. The molecule has 0 heterocycles. The van der Waals surface area contributed by atoms with Crippen LogP contribution in [0.1, 0.15) is 18.4 Å². The molecule has 1 aliphatic rings. The molecular formula is C19H19ClN2O3. The average molecular weight is 359 g/mol. The first-order valence-corrected chi connectivity index (χ1v) is 8.36. The van der Waals surface area contributed by atoms with Gasteiger partial charge in [-0.3, -0.25) is 9.59 Å². The van der Waals surface area contributed by atoms with Crippen LogP contribution < -0.4 is 15.4 Å². The third kappa shape index (κ3) is 3.46. The number of carbonyl (C=O) groups is 2. The van der Waals surface area contributed by atoms with Gasteiger partial charge in [0.25, 0.3) is 0 Å². The first kappa shape index (κ1) is 17.3. The number of hydrogen-bond donors (Lipinski definition) is 2. The van der Waals surface area contributed by atoms with Crippen LogP contribution in [0.25, 0.3) is 0 Å². The number of aryl methyl sites for hydroxylation is 1. The second-order valence-corrected chi connectivity index (χ2v) is 6.56. The van der Waals surface area contributed by atoms with Gasteiger partial charge in [0.15, 0.2) is 0 Å². The van der Waals surface area contributed by atoms with E-state index in [-0.39, 0.29) is 11.8 Å². The fraction of sp³-hybridized carbons (Fsp3) is 0.263. The third-order valence-electron chi connectivity index (χ3n) is 4.40. The quantitative estimate of drug-likeness (QED) is 0.793. The molecule has 2 amide bonds. The largest absolute Gasteiger partial charge is 0.495 e. The Balaban J connectivity index is 1.73. The summed E-state index contributed by atoms with van der Waals surface area (Å²) in [6, 6.07) is 12.4. The van der Waals surface area contributed by atoms with E-state index in [1.165, 1.54) is 7.11 Å². The van der Waals surface area contributed by atoms with Gasteiger partial charge in [0.1, 0.15) is 11.2 Å². The summed E-state index contributed by atoms with van der Waals surface area (Å²) in [5, 5.41) is 6.16. The number of methoxy groups -OCH3 is 1. The van der Waals surface area contributed by atoms with Gasteiger partial charge in [-0.25, -0.2) is 0 Å². The van der Waals surface area contributed by atoms with E-state index in [1.807, 2.05) is 19.1 Å². The molecule has 0 bridgehead atoms. The first-order valence-electron chi connectivity index (χ1n) is 7.98. The summed E-state index contributed by atoms with van der Waals surface area (Å²) in [6.07, 6.45) is 1.03. The molecule has 130 valence electrons. The second-order valence-electron chi connectivity index (χ2n) is 6.15. The SMILES string of the molecule is COc1ccccc1NC(=O)C1(C(=O)Nc2ccc(C)c(Cl)c2)CC1. The Morgan fingerprint density at radius 1 is 1.08 bits per heavy atom. The molecule has 1 saturated carbocycles. The molecular weight excluding hydrogens is 340 g/mol. The van der Waals surface area contributed by atoms with E-state index in [1.54, 1.807) is 30.3 Å². The molecule has 0 aliphatic heterocycles. The zero-order valence-electron chi connectivity index (χ0n) is 14.1. The Morgan fingerprint density at radius 2 is 1.76 bits per heavy atom. The van der Waals surface area contributed by atoms with E-state index in [4.69, 9.17) is 16.3 Å². The molecule has 0 unspecified atom stereocenters. The van der Waals surface area contributed by atoms with Crippen LogP contribution in [-0.4, -0.2) is 18.9 Å². The van der Waals surface area contributed by atoms with E-state index in [2.05, 4.69) is 10.6 Å². The van der Waals surface area contributed by atoms with Crippen LogP contribution in [-0.2, 0) is 9.59 Å². The zero-order chi connectivity index (χ0) is 18.0. The summed E-state index contributed by atoms with van der Waals surface area (Å²) in [7, 11) is 1.53. The number of carbonyl (C=O) groups excluding carboxylic acids is 2. The molecule has 2 aromatic rings. The lowest BCUT2D eigenvalue weighted by Gasteiger charge is -2.17. The second kappa shape index (κ2) is 6.76. The van der Waals surface area contributed by atoms with E-state index in [0.29, 0.717) is 35.0 Å². The summed E-state index contributed by atoms with van der Waals surface area (Å²) in [6.45, 7) is 1.89. The summed E-state index contributed by atoms with van der Waals surface area (Å²) >= 11 is 6.09. The molecule has 5 nitrogen and oxygen atoms in total. The van der Waals surface area contributed by atoms with Crippen molar-refractivity contribution in [3.63, 3.8) is 0 Å². The Kier molecular flexibility index (Phi) is 4.68. The molecule has 0 atom stereocenters. The van der Waals surface area contributed by atoms with Crippen molar-refractivity contribution in [1.82, 2.24) is 0 Å². The molecule has 25 heavy (non-hydrogen) atoms. The molecule has 3 rings (SSSR count). The standard InChI is InChI=1S/C19H19ClN2O3/c1-12-7-8-13(11-14(12)20)21-17(23)19(9-10-19)18(24)22-15-5-3-4-6-16(15)25-2/h3-8,11H,9-10H2,1-2H3,(H,21,23)(H,22,24). The Bertz CT molecular complexity index is 831. The summed E-state index contributed by atoms with van der Waals surface area (Å²) in [4.78, 5) is 25.3. The van der Waals surface area contributed by atoms with Gasteiger partial charge in [-0.2, -0.15) is 0 Å². The Morgan fingerprint density at radius 3 is 2.40 bits per heavy atom. The van der Waals surface area contributed by atoms with E-state index in [0.717, 1.165) is 5.56 Å². The Hall–Kier alpha value is -2.53. The topological polar surface area (TPSA) is 67.4 Å². The van der Waals surface area contributed by atoms with Crippen LogP contribution in [0.5, 0.6) is 5.75 Å². The maximum atomic E-state index is 12.7. The molecule has 0 radical (unpaired) electrons. The van der Waals surface area contributed by atoms with Crippen molar-refractivity contribution in [2.45, 2.75) is 19.8 Å². The van der Waals surface area contributed by atoms with Crippen molar-refractivity contribution in [3.05, 3.63) is 53.1 Å². The van der Waals surface area contributed by atoms with Gasteiger partial charge in [-0.05, 0) is 49.6 Å². The fourth-order valence-corrected chi connectivity index (χ4v) is 2.77. The molecule has 0 saturated heterocycles. The van der Waals surface area contributed by atoms with Gasteiger partial charge >= 0.3 is 0 Å². The van der Waals surface area contributed by atoms with Gasteiger partial charge in [0.2, 0.25) is 11.8 Å². The van der Waals surface area contributed by atoms with Crippen LogP contribution in [0, 0.1) is 12.3 Å². The molecule has 2 N–H and O–H groups in total. The van der Waals surface area contributed by atoms with Crippen LogP contribution in [0.2, 0.25) is 5.02 Å². The monoisotopic (exact) mass is 358 g/mol. The van der Waals surface area contributed by atoms with Gasteiger partial charge < -0.3 is 15.4 Å². The van der Waals surface area contributed by atoms with Crippen molar-refractivity contribution in [2.24, 2.45) is 5.41 Å². The van der Waals surface area contributed by atoms with Gasteiger partial charge in [-0.1, -0.05) is 29.8 Å². The van der Waals surface area contributed by atoms with Gasteiger partial charge in [0.05, 0.1) is 12.8 Å². The maximum absolute atomic E-state index is 12.7. The van der Waals surface area contributed by atoms with Crippen molar-refractivity contribution < 1.29 is 14.3 Å². The number of para-hydroxylation sites is 2. The lowest BCUT2D eigenvalue weighted by Crippen LogP contribution is -2.35. The summed E-state index contributed by atoms with van der Waals surface area (Å²) < 4.78 is 5.23. The van der Waals surface area contributed by atoms with E-state index in [9.17, 15) is 9.59 Å². The molecule has 2 aromatic carbocycles. The highest BCUT2D eigenvalue weighted by Crippen LogP contribution is 2.48. The van der Waals surface area contributed by atoms with Gasteiger partial charge in [-0.15, -0.1) is 0 Å². The lowest BCUT2D eigenvalue weighted by atomic mass is 10.0. The van der Waals surface area contributed by atoms with Crippen molar-refractivity contribution >= 4 is 34.8 Å². The van der Waals surface area contributed by atoms with Gasteiger partial charge in [0, 0.05) is 10.7 Å². The summed E-state index contributed by atoms with van der Waals surface area (Å²) in [5.74, 6) is -0.0927. The number of anilines is 2. The van der Waals surface area contributed by atoms with E-state index < -0.39 is 5.41 Å².